The molecule has 3 aromatic carbocycles. The highest BCUT2D eigenvalue weighted by atomic mass is 28.4. The summed E-state index contributed by atoms with van der Waals surface area (Å²) in [5, 5.41) is 0.0130. The maximum atomic E-state index is 13.6. The van der Waals surface area contributed by atoms with Gasteiger partial charge in [-0.05, 0) is 65.4 Å². The van der Waals surface area contributed by atoms with E-state index in [1.807, 2.05) is 60.7 Å². The molecular formula is C35H43NO5Si. The van der Waals surface area contributed by atoms with E-state index in [-0.39, 0.29) is 30.8 Å². The fraction of sp³-hybridized carbons (Fsp3) is 0.371. The summed E-state index contributed by atoms with van der Waals surface area (Å²) in [6.07, 6.45) is -0.0249. The second kappa shape index (κ2) is 13.5. The summed E-state index contributed by atoms with van der Waals surface area (Å²) in [6.45, 7) is 13.6. The third-order valence-corrected chi connectivity index (χ3v) is 12.8. The molecule has 1 atom stereocenters. The molecule has 0 saturated heterocycles. The Morgan fingerprint density at radius 3 is 2.12 bits per heavy atom. The molecule has 222 valence electrons. The van der Waals surface area contributed by atoms with E-state index in [4.69, 9.17) is 13.9 Å². The van der Waals surface area contributed by atoms with Crippen LogP contribution in [0.2, 0.25) is 18.1 Å². The number of esters is 1. The second-order valence-electron chi connectivity index (χ2n) is 12.2. The van der Waals surface area contributed by atoms with Crippen LogP contribution < -0.4 is 0 Å². The van der Waals surface area contributed by atoms with Crippen molar-refractivity contribution in [3.63, 3.8) is 0 Å². The maximum Gasteiger partial charge on any atom is 0.410 e. The van der Waals surface area contributed by atoms with Crippen LogP contribution >= 0.6 is 0 Å². The van der Waals surface area contributed by atoms with Crippen LogP contribution in [0.25, 0.3) is 16.7 Å². The van der Waals surface area contributed by atoms with Crippen molar-refractivity contribution in [2.75, 3.05) is 19.8 Å². The molecule has 1 aliphatic rings. The minimum Gasteiger partial charge on any atom is -0.463 e. The van der Waals surface area contributed by atoms with Crippen molar-refractivity contribution in [3.8, 4) is 11.1 Å². The molecule has 1 unspecified atom stereocenters. The van der Waals surface area contributed by atoms with E-state index in [0.29, 0.717) is 18.6 Å². The zero-order valence-electron chi connectivity index (χ0n) is 25.7. The standard InChI is InChI=1S/C35H43NO5Si/c1-7-39-33(37)32-23-36(34(38)40-24-26-15-10-8-11-16-26)30(25-41-42(5,6)35(2,3)4)22-31(32)29-20-14-19-28(21-29)27-17-12-9-13-18-27/h8-21,30H,7,22-25H2,1-6H3. The lowest BCUT2D eigenvalue weighted by atomic mass is 9.88. The van der Waals surface area contributed by atoms with Crippen LogP contribution in [0.15, 0.2) is 90.5 Å². The number of carbonyl (C=O) groups excluding carboxylic acids is 2. The number of rotatable bonds is 9. The molecule has 1 heterocycles. The van der Waals surface area contributed by atoms with Crippen molar-refractivity contribution < 1.29 is 23.5 Å². The molecule has 1 aliphatic heterocycles. The van der Waals surface area contributed by atoms with Crippen molar-refractivity contribution in [1.29, 1.82) is 0 Å². The first-order chi connectivity index (χ1) is 20.0. The Bertz CT molecular complexity index is 1400. The van der Waals surface area contributed by atoms with Gasteiger partial charge in [0.2, 0.25) is 0 Å². The number of hydrogen-bond acceptors (Lipinski definition) is 5. The van der Waals surface area contributed by atoms with Crippen molar-refractivity contribution in [2.24, 2.45) is 0 Å². The first kappa shape index (κ1) is 31.3. The minimum absolute atomic E-state index is 0.0130. The van der Waals surface area contributed by atoms with Gasteiger partial charge >= 0.3 is 12.1 Å². The Hall–Kier alpha value is -3.68. The number of amides is 1. The minimum atomic E-state index is -2.12. The Morgan fingerprint density at radius 1 is 0.857 bits per heavy atom. The Labute approximate surface area is 251 Å². The fourth-order valence-electron chi connectivity index (χ4n) is 4.76. The third-order valence-electron chi connectivity index (χ3n) is 8.30. The van der Waals surface area contributed by atoms with Gasteiger partial charge in [-0.3, -0.25) is 4.90 Å². The fourth-order valence-corrected chi connectivity index (χ4v) is 5.81. The first-order valence-electron chi connectivity index (χ1n) is 14.7. The summed E-state index contributed by atoms with van der Waals surface area (Å²) in [5.41, 5.74) is 5.34. The lowest BCUT2D eigenvalue weighted by Crippen LogP contribution is -2.51. The maximum absolute atomic E-state index is 13.6. The quantitative estimate of drug-likeness (QED) is 0.188. The molecule has 0 bridgehead atoms. The molecule has 0 spiro atoms. The molecule has 0 aromatic heterocycles. The van der Waals surface area contributed by atoms with Gasteiger partial charge in [0.05, 0.1) is 31.4 Å². The van der Waals surface area contributed by atoms with Gasteiger partial charge in [0.25, 0.3) is 0 Å². The van der Waals surface area contributed by atoms with Gasteiger partial charge in [-0.2, -0.15) is 0 Å². The van der Waals surface area contributed by atoms with Gasteiger partial charge < -0.3 is 13.9 Å². The SMILES string of the molecule is CCOC(=O)C1=C(c2cccc(-c3ccccc3)c2)CC(CO[Si](C)(C)C(C)(C)C)N(C(=O)OCc2ccccc2)C1. The van der Waals surface area contributed by atoms with Gasteiger partial charge in [-0.15, -0.1) is 0 Å². The van der Waals surface area contributed by atoms with E-state index < -0.39 is 20.4 Å². The summed E-state index contributed by atoms with van der Waals surface area (Å²) in [4.78, 5) is 28.6. The molecule has 1 amide bonds. The van der Waals surface area contributed by atoms with Gasteiger partial charge in [0, 0.05) is 0 Å². The van der Waals surface area contributed by atoms with Crippen molar-refractivity contribution in [3.05, 3.63) is 102 Å². The lowest BCUT2D eigenvalue weighted by molar-refractivity contribution is -0.138. The highest BCUT2D eigenvalue weighted by Crippen LogP contribution is 2.39. The Kier molecular flexibility index (Phi) is 10.1. The molecule has 0 radical (unpaired) electrons. The molecule has 4 rings (SSSR count). The molecule has 3 aromatic rings. The summed E-state index contributed by atoms with van der Waals surface area (Å²) in [7, 11) is -2.12. The Balaban J connectivity index is 1.71. The van der Waals surface area contributed by atoms with Crippen LogP contribution in [0, 0.1) is 0 Å². The first-order valence-corrected chi connectivity index (χ1v) is 17.6. The predicted molar refractivity (Wildman–Crippen MR) is 170 cm³/mol. The van der Waals surface area contributed by atoms with Crippen molar-refractivity contribution in [2.45, 2.75) is 64.9 Å². The molecule has 6 nitrogen and oxygen atoms in total. The van der Waals surface area contributed by atoms with Crippen LogP contribution in [-0.4, -0.2) is 51.1 Å². The van der Waals surface area contributed by atoms with Gasteiger partial charge in [-0.1, -0.05) is 99.6 Å². The highest BCUT2D eigenvalue weighted by Gasteiger charge is 2.41. The van der Waals surface area contributed by atoms with Crippen LogP contribution in [0.3, 0.4) is 0 Å². The molecule has 0 saturated carbocycles. The summed E-state index contributed by atoms with van der Waals surface area (Å²) in [5.74, 6) is -0.415. The average Bonchev–Trinajstić information content (AvgIpc) is 2.99. The summed E-state index contributed by atoms with van der Waals surface area (Å²) >= 11 is 0. The number of nitrogens with zero attached hydrogens (tertiary/aromatic N) is 1. The van der Waals surface area contributed by atoms with Gasteiger partial charge in [-0.25, -0.2) is 9.59 Å². The number of benzene rings is 3. The molecule has 7 heteroatoms. The van der Waals surface area contributed by atoms with E-state index in [2.05, 4.69) is 58.1 Å². The zero-order valence-corrected chi connectivity index (χ0v) is 26.7. The van der Waals surface area contributed by atoms with Crippen LogP contribution in [0.5, 0.6) is 0 Å². The summed E-state index contributed by atoms with van der Waals surface area (Å²) < 4.78 is 17.9. The summed E-state index contributed by atoms with van der Waals surface area (Å²) in [6, 6.07) is 27.7. The number of carbonyl (C=O) groups is 2. The zero-order chi connectivity index (χ0) is 30.3. The highest BCUT2D eigenvalue weighted by molar-refractivity contribution is 6.74. The van der Waals surface area contributed by atoms with E-state index in [0.717, 1.165) is 27.8 Å². The van der Waals surface area contributed by atoms with Crippen LogP contribution in [-0.2, 0) is 25.3 Å². The van der Waals surface area contributed by atoms with Gasteiger partial charge in [0.15, 0.2) is 8.32 Å². The molecule has 0 N–H and O–H groups in total. The molecule has 0 fully saturated rings. The largest absolute Gasteiger partial charge is 0.463 e. The normalized spacial score (nSPS) is 15.9. The molecule has 0 aliphatic carbocycles. The van der Waals surface area contributed by atoms with E-state index in [1.54, 1.807) is 11.8 Å². The lowest BCUT2D eigenvalue weighted by Gasteiger charge is -2.41. The van der Waals surface area contributed by atoms with Crippen molar-refractivity contribution >= 4 is 26.0 Å². The van der Waals surface area contributed by atoms with Crippen molar-refractivity contribution in [1.82, 2.24) is 4.90 Å². The molecular weight excluding hydrogens is 542 g/mol. The number of hydrogen-bond donors (Lipinski definition) is 0. The second-order valence-corrected chi connectivity index (χ2v) is 17.0. The monoisotopic (exact) mass is 585 g/mol. The van der Waals surface area contributed by atoms with E-state index >= 15 is 0 Å². The average molecular weight is 586 g/mol. The topological polar surface area (TPSA) is 65.1 Å². The van der Waals surface area contributed by atoms with Crippen LogP contribution in [0.4, 0.5) is 4.79 Å². The molecule has 42 heavy (non-hydrogen) atoms. The Morgan fingerprint density at radius 2 is 1.48 bits per heavy atom. The number of ether oxygens (including phenoxy) is 2. The smallest absolute Gasteiger partial charge is 0.410 e. The van der Waals surface area contributed by atoms with E-state index in [9.17, 15) is 9.59 Å². The van der Waals surface area contributed by atoms with Crippen LogP contribution in [0.1, 0.15) is 45.2 Å². The van der Waals surface area contributed by atoms with E-state index in [1.165, 1.54) is 0 Å². The third kappa shape index (κ3) is 7.58. The predicted octanol–water partition coefficient (Wildman–Crippen LogP) is 8.10. The van der Waals surface area contributed by atoms with Gasteiger partial charge in [0.1, 0.15) is 6.61 Å².